The first-order valence-corrected chi connectivity index (χ1v) is 10.1. The molecule has 0 amide bonds. The van der Waals surface area contributed by atoms with Crippen LogP contribution in [0, 0.1) is 13.8 Å². The maximum Gasteiger partial charge on any atom is 0.122 e. The topological polar surface area (TPSA) is 40.5 Å². The molecule has 0 spiro atoms. The van der Waals surface area contributed by atoms with Gasteiger partial charge < -0.3 is 10.2 Å². The first kappa shape index (κ1) is 21.3. The highest BCUT2D eigenvalue weighted by Crippen LogP contribution is 2.41. The highest BCUT2D eigenvalue weighted by Gasteiger charge is 2.26. The van der Waals surface area contributed by atoms with Gasteiger partial charge in [0.1, 0.15) is 11.5 Å². The standard InChI is InChI=1S/C25H36O2/c1-9-24(5,6)20-13-16(3)11-18(22(20)26)15-19-12-17(4)14-21(23(19)27)25(7,8)10-2/h11-14,26-27H,9-10,15H2,1-8H3. The molecule has 0 aromatic heterocycles. The van der Waals surface area contributed by atoms with Crippen molar-refractivity contribution in [3.8, 4) is 11.5 Å². The summed E-state index contributed by atoms with van der Waals surface area (Å²) in [5.41, 5.74) is 5.84. The maximum atomic E-state index is 11.0. The van der Waals surface area contributed by atoms with E-state index in [0.29, 0.717) is 17.9 Å². The van der Waals surface area contributed by atoms with Crippen molar-refractivity contribution in [1.82, 2.24) is 0 Å². The van der Waals surface area contributed by atoms with Gasteiger partial charge in [-0.1, -0.05) is 76.9 Å². The van der Waals surface area contributed by atoms with E-state index in [1.807, 2.05) is 12.1 Å². The second-order valence-corrected chi connectivity index (χ2v) is 9.29. The molecule has 148 valence electrons. The second kappa shape index (κ2) is 7.58. The van der Waals surface area contributed by atoms with Crippen LogP contribution in [0.1, 0.15) is 87.8 Å². The number of phenolic OH excluding ortho intramolecular Hbond substituents is 2. The fraction of sp³-hybridized carbons (Fsp3) is 0.520. The van der Waals surface area contributed by atoms with Gasteiger partial charge in [-0.05, 0) is 48.6 Å². The molecule has 2 aromatic carbocycles. The van der Waals surface area contributed by atoms with Crippen molar-refractivity contribution in [2.24, 2.45) is 0 Å². The van der Waals surface area contributed by atoms with Gasteiger partial charge in [0.05, 0.1) is 0 Å². The molecule has 0 unspecified atom stereocenters. The summed E-state index contributed by atoms with van der Waals surface area (Å²) in [6.07, 6.45) is 2.43. The third-order valence-corrected chi connectivity index (χ3v) is 6.27. The summed E-state index contributed by atoms with van der Waals surface area (Å²) in [6.45, 7) is 17.1. The molecule has 0 heterocycles. The lowest BCUT2D eigenvalue weighted by Gasteiger charge is -2.27. The quantitative estimate of drug-likeness (QED) is 0.597. The van der Waals surface area contributed by atoms with Crippen LogP contribution in [-0.2, 0) is 17.3 Å². The van der Waals surface area contributed by atoms with Crippen molar-refractivity contribution in [2.45, 2.75) is 85.5 Å². The molecule has 2 N–H and O–H groups in total. The van der Waals surface area contributed by atoms with Crippen molar-refractivity contribution in [3.05, 3.63) is 57.6 Å². The minimum Gasteiger partial charge on any atom is -0.507 e. The predicted octanol–water partition coefficient (Wildman–Crippen LogP) is 6.68. The molecular weight excluding hydrogens is 332 g/mol. The monoisotopic (exact) mass is 368 g/mol. The van der Waals surface area contributed by atoms with E-state index in [0.717, 1.165) is 46.2 Å². The van der Waals surface area contributed by atoms with Crippen LogP contribution in [0.5, 0.6) is 11.5 Å². The van der Waals surface area contributed by atoms with Crippen LogP contribution in [0.15, 0.2) is 24.3 Å². The minimum atomic E-state index is -0.0884. The number of hydrogen-bond acceptors (Lipinski definition) is 2. The highest BCUT2D eigenvalue weighted by atomic mass is 16.3. The van der Waals surface area contributed by atoms with Gasteiger partial charge in [0.25, 0.3) is 0 Å². The van der Waals surface area contributed by atoms with Gasteiger partial charge >= 0.3 is 0 Å². The summed E-state index contributed by atoms with van der Waals surface area (Å²) >= 11 is 0. The first-order valence-electron chi connectivity index (χ1n) is 10.1. The Morgan fingerprint density at radius 2 is 1.00 bits per heavy atom. The third kappa shape index (κ3) is 4.31. The average molecular weight is 369 g/mol. The molecule has 0 aliphatic rings. The van der Waals surface area contributed by atoms with Gasteiger partial charge in [0, 0.05) is 17.5 Å². The zero-order chi connectivity index (χ0) is 20.6. The van der Waals surface area contributed by atoms with Crippen LogP contribution in [0.3, 0.4) is 0 Å². The number of aromatic hydroxyl groups is 2. The summed E-state index contributed by atoms with van der Waals surface area (Å²) in [4.78, 5) is 0. The molecule has 0 fully saturated rings. The zero-order valence-corrected chi connectivity index (χ0v) is 18.3. The Kier molecular flexibility index (Phi) is 5.99. The smallest absolute Gasteiger partial charge is 0.122 e. The molecule has 0 bridgehead atoms. The summed E-state index contributed by atoms with van der Waals surface area (Å²) in [6, 6.07) is 8.25. The van der Waals surface area contributed by atoms with Crippen molar-refractivity contribution in [3.63, 3.8) is 0 Å². The van der Waals surface area contributed by atoms with Gasteiger partial charge in [-0.2, -0.15) is 0 Å². The van der Waals surface area contributed by atoms with E-state index < -0.39 is 0 Å². The third-order valence-electron chi connectivity index (χ3n) is 6.27. The molecule has 0 aliphatic heterocycles. The van der Waals surface area contributed by atoms with Crippen LogP contribution in [0.4, 0.5) is 0 Å². The van der Waals surface area contributed by atoms with E-state index in [9.17, 15) is 10.2 Å². The van der Waals surface area contributed by atoms with Gasteiger partial charge in [0.15, 0.2) is 0 Å². The normalized spacial score (nSPS) is 12.4. The number of phenols is 2. The SMILES string of the molecule is CCC(C)(C)c1cc(C)cc(Cc2cc(C)cc(C(C)(C)CC)c2O)c1O. The zero-order valence-electron chi connectivity index (χ0n) is 18.3. The molecule has 2 rings (SSSR count). The molecule has 0 saturated heterocycles. The second-order valence-electron chi connectivity index (χ2n) is 9.29. The lowest BCUT2D eigenvalue weighted by molar-refractivity contribution is 0.419. The predicted molar refractivity (Wildman–Crippen MR) is 115 cm³/mol. The molecule has 2 heteroatoms. The van der Waals surface area contributed by atoms with Gasteiger partial charge in [0.2, 0.25) is 0 Å². The fourth-order valence-electron chi connectivity index (χ4n) is 3.60. The fourth-order valence-corrected chi connectivity index (χ4v) is 3.60. The van der Waals surface area contributed by atoms with E-state index in [1.54, 1.807) is 0 Å². The Morgan fingerprint density at radius 1 is 0.667 bits per heavy atom. The van der Waals surface area contributed by atoms with E-state index in [1.165, 1.54) is 0 Å². The number of hydrogen-bond donors (Lipinski definition) is 2. The molecule has 0 aliphatic carbocycles. The van der Waals surface area contributed by atoms with E-state index in [4.69, 9.17) is 0 Å². The van der Waals surface area contributed by atoms with Crippen molar-refractivity contribution in [2.75, 3.05) is 0 Å². The molecule has 0 atom stereocenters. The van der Waals surface area contributed by atoms with Gasteiger partial charge in [-0.15, -0.1) is 0 Å². The maximum absolute atomic E-state index is 11.0. The Bertz CT molecular complexity index is 759. The van der Waals surface area contributed by atoms with E-state index in [2.05, 4.69) is 67.5 Å². The Morgan fingerprint density at radius 3 is 1.30 bits per heavy atom. The number of aryl methyl sites for hydroxylation is 2. The summed E-state index contributed by atoms with van der Waals surface area (Å²) in [7, 11) is 0. The highest BCUT2D eigenvalue weighted by molar-refractivity contribution is 5.53. The molecule has 0 saturated carbocycles. The van der Waals surface area contributed by atoms with Crippen LogP contribution in [0.2, 0.25) is 0 Å². The van der Waals surface area contributed by atoms with Crippen molar-refractivity contribution in [1.29, 1.82) is 0 Å². The summed E-state index contributed by atoms with van der Waals surface area (Å²) in [5, 5.41) is 22.0. The van der Waals surface area contributed by atoms with Crippen LogP contribution in [-0.4, -0.2) is 10.2 Å². The molecule has 0 radical (unpaired) electrons. The first-order chi connectivity index (χ1) is 12.4. The molecular formula is C25H36O2. The molecule has 2 nitrogen and oxygen atoms in total. The van der Waals surface area contributed by atoms with E-state index in [-0.39, 0.29) is 10.8 Å². The van der Waals surface area contributed by atoms with Crippen molar-refractivity contribution >= 4 is 0 Å². The largest absolute Gasteiger partial charge is 0.507 e. The summed E-state index contributed by atoms with van der Waals surface area (Å²) < 4.78 is 0. The molecule has 27 heavy (non-hydrogen) atoms. The van der Waals surface area contributed by atoms with Crippen LogP contribution >= 0.6 is 0 Å². The summed E-state index contributed by atoms with van der Waals surface area (Å²) in [5.74, 6) is 0.731. The van der Waals surface area contributed by atoms with Crippen molar-refractivity contribution < 1.29 is 10.2 Å². The number of benzene rings is 2. The Balaban J connectivity index is 2.59. The lowest BCUT2D eigenvalue weighted by Crippen LogP contribution is -2.17. The minimum absolute atomic E-state index is 0.0884. The number of rotatable bonds is 6. The lowest BCUT2D eigenvalue weighted by atomic mass is 9.78. The average Bonchev–Trinajstić information content (AvgIpc) is 2.60. The van der Waals surface area contributed by atoms with Gasteiger partial charge in [-0.3, -0.25) is 0 Å². The molecule has 2 aromatic rings. The van der Waals surface area contributed by atoms with Crippen LogP contribution < -0.4 is 0 Å². The van der Waals surface area contributed by atoms with Gasteiger partial charge in [-0.25, -0.2) is 0 Å². The van der Waals surface area contributed by atoms with E-state index >= 15 is 0 Å². The Labute approximate surface area is 165 Å². The Hall–Kier alpha value is -1.96. The van der Waals surface area contributed by atoms with Crippen LogP contribution in [0.25, 0.3) is 0 Å².